The van der Waals surface area contributed by atoms with Crippen molar-refractivity contribution in [2.24, 2.45) is 4.99 Å². The second kappa shape index (κ2) is 7.29. The standard InChI is InChI=1S/C13H16FN3/c1-3-9-16-13(15-4-2)17-10-11-5-7-12(14)8-6-11/h1,5-8H,4,9-10H2,2H3,(H2,15,16,17). The highest BCUT2D eigenvalue weighted by atomic mass is 19.1. The normalized spacial score (nSPS) is 10.8. The second-order valence-electron chi connectivity index (χ2n) is 3.38. The molecule has 0 aromatic heterocycles. The highest BCUT2D eigenvalue weighted by Crippen LogP contribution is 2.03. The van der Waals surface area contributed by atoms with Crippen molar-refractivity contribution < 1.29 is 4.39 Å². The number of nitrogens with zero attached hydrogens (tertiary/aromatic N) is 1. The molecule has 0 bridgehead atoms. The molecule has 1 rings (SSSR count). The quantitative estimate of drug-likeness (QED) is 0.470. The van der Waals surface area contributed by atoms with Crippen LogP contribution in [0.1, 0.15) is 12.5 Å². The van der Waals surface area contributed by atoms with Crippen LogP contribution in [0.25, 0.3) is 0 Å². The first-order valence-electron chi connectivity index (χ1n) is 5.46. The van der Waals surface area contributed by atoms with E-state index in [-0.39, 0.29) is 5.82 Å². The van der Waals surface area contributed by atoms with Crippen molar-refractivity contribution in [3.05, 3.63) is 35.6 Å². The molecule has 0 saturated carbocycles. The molecule has 17 heavy (non-hydrogen) atoms. The lowest BCUT2D eigenvalue weighted by Gasteiger charge is -2.08. The van der Waals surface area contributed by atoms with Crippen molar-refractivity contribution in [1.82, 2.24) is 10.6 Å². The van der Waals surface area contributed by atoms with Crippen LogP contribution in [0.3, 0.4) is 0 Å². The van der Waals surface area contributed by atoms with Gasteiger partial charge in [0, 0.05) is 6.54 Å². The fourth-order valence-corrected chi connectivity index (χ4v) is 1.24. The number of benzene rings is 1. The van der Waals surface area contributed by atoms with Crippen LogP contribution in [0.15, 0.2) is 29.3 Å². The molecule has 0 spiro atoms. The molecule has 0 aliphatic carbocycles. The van der Waals surface area contributed by atoms with Gasteiger partial charge in [-0.25, -0.2) is 9.38 Å². The van der Waals surface area contributed by atoms with E-state index in [1.54, 1.807) is 12.1 Å². The maximum atomic E-state index is 12.7. The zero-order chi connectivity index (χ0) is 12.5. The average molecular weight is 233 g/mol. The number of hydrogen-bond acceptors (Lipinski definition) is 1. The predicted molar refractivity (Wildman–Crippen MR) is 68.1 cm³/mol. The Morgan fingerprint density at radius 2 is 2.06 bits per heavy atom. The van der Waals surface area contributed by atoms with Gasteiger partial charge >= 0.3 is 0 Å². The van der Waals surface area contributed by atoms with Gasteiger partial charge in [0.05, 0.1) is 13.1 Å². The highest BCUT2D eigenvalue weighted by Gasteiger charge is 1.96. The molecule has 0 saturated heterocycles. The van der Waals surface area contributed by atoms with Crippen LogP contribution in [0.5, 0.6) is 0 Å². The van der Waals surface area contributed by atoms with Crippen molar-refractivity contribution in [2.75, 3.05) is 13.1 Å². The molecule has 2 N–H and O–H groups in total. The Balaban J connectivity index is 2.58. The summed E-state index contributed by atoms with van der Waals surface area (Å²) >= 11 is 0. The third-order valence-corrected chi connectivity index (χ3v) is 2.04. The minimum Gasteiger partial charge on any atom is -0.357 e. The molecule has 1 aromatic rings. The lowest BCUT2D eigenvalue weighted by molar-refractivity contribution is 0.627. The van der Waals surface area contributed by atoms with Gasteiger partial charge in [-0.2, -0.15) is 0 Å². The number of guanidine groups is 1. The van der Waals surface area contributed by atoms with Gasteiger partial charge in [-0.1, -0.05) is 18.1 Å². The zero-order valence-electron chi connectivity index (χ0n) is 9.83. The Bertz CT molecular complexity index is 404. The summed E-state index contributed by atoms with van der Waals surface area (Å²) in [5, 5.41) is 6.05. The van der Waals surface area contributed by atoms with Crippen LogP contribution in [-0.2, 0) is 6.54 Å². The molecular formula is C13H16FN3. The zero-order valence-corrected chi connectivity index (χ0v) is 9.83. The Morgan fingerprint density at radius 1 is 1.35 bits per heavy atom. The fourth-order valence-electron chi connectivity index (χ4n) is 1.24. The number of rotatable bonds is 4. The van der Waals surface area contributed by atoms with E-state index in [1.165, 1.54) is 12.1 Å². The molecule has 0 aliphatic rings. The summed E-state index contributed by atoms with van der Waals surface area (Å²) in [6.45, 7) is 3.65. The number of nitrogens with one attached hydrogen (secondary N) is 2. The minimum absolute atomic E-state index is 0.241. The van der Waals surface area contributed by atoms with Crippen LogP contribution in [-0.4, -0.2) is 19.0 Å². The second-order valence-corrected chi connectivity index (χ2v) is 3.38. The molecule has 0 unspecified atom stereocenters. The number of hydrogen-bond donors (Lipinski definition) is 2. The van der Waals surface area contributed by atoms with E-state index in [0.717, 1.165) is 12.1 Å². The molecule has 0 atom stereocenters. The van der Waals surface area contributed by atoms with Gasteiger partial charge < -0.3 is 10.6 Å². The first-order valence-corrected chi connectivity index (χ1v) is 5.46. The van der Waals surface area contributed by atoms with E-state index in [1.807, 2.05) is 6.92 Å². The van der Waals surface area contributed by atoms with E-state index < -0.39 is 0 Å². The summed E-state index contributed by atoms with van der Waals surface area (Å²) in [5.41, 5.74) is 0.948. The molecule has 90 valence electrons. The Hall–Kier alpha value is -2.02. The maximum absolute atomic E-state index is 12.7. The molecular weight excluding hydrogens is 217 g/mol. The molecule has 4 heteroatoms. The molecule has 0 fully saturated rings. The van der Waals surface area contributed by atoms with E-state index in [9.17, 15) is 4.39 Å². The molecule has 3 nitrogen and oxygen atoms in total. The van der Waals surface area contributed by atoms with Crippen LogP contribution in [0, 0.1) is 18.2 Å². The van der Waals surface area contributed by atoms with Crippen LogP contribution in [0.4, 0.5) is 4.39 Å². The largest absolute Gasteiger partial charge is 0.357 e. The summed E-state index contributed by atoms with van der Waals surface area (Å²) in [6, 6.07) is 6.27. The van der Waals surface area contributed by atoms with Crippen LogP contribution in [0.2, 0.25) is 0 Å². The maximum Gasteiger partial charge on any atom is 0.192 e. The molecule has 1 aromatic carbocycles. The summed E-state index contributed by atoms with van der Waals surface area (Å²) < 4.78 is 12.7. The molecule has 0 radical (unpaired) electrons. The third kappa shape index (κ3) is 5.03. The van der Waals surface area contributed by atoms with Gasteiger partial charge in [-0.05, 0) is 24.6 Å². The number of aliphatic imine (C=N–C) groups is 1. The van der Waals surface area contributed by atoms with E-state index in [2.05, 4.69) is 21.5 Å². The summed E-state index contributed by atoms with van der Waals surface area (Å²) in [4.78, 5) is 4.33. The van der Waals surface area contributed by atoms with Gasteiger partial charge in [-0.3, -0.25) is 0 Å². The van der Waals surface area contributed by atoms with Crippen LogP contribution < -0.4 is 10.6 Å². The highest BCUT2D eigenvalue weighted by molar-refractivity contribution is 5.79. The van der Waals surface area contributed by atoms with Gasteiger partial charge in [0.2, 0.25) is 0 Å². The van der Waals surface area contributed by atoms with Crippen molar-refractivity contribution in [3.8, 4) is 12.3 Å². The molecule has 0 aliphatic heterocycles. The monoisotopic (exact) mass is 233 g/mol. The van der Waals surface area contributed by atoms with Crippen molar-refractivity contribution in [1.29, 1.82) is 0 Å². The summed E-state index contributed by atoms with van der Waals surface area (Å²) in [6.07, 6.45) is 5.16. The molecule has 0 heterocycles. The van der Waals surface area contributed by atoms with Crippen molar-refractivity contribution in [2.45, 2.75) is 13.5 Å². The fraction of sp³-hybridized carbons (Fsp3) is 0.308. The van der Waals surface area contributed by atoms with Crippen LogP contribution >= 0.6 is 0 Å². The predicted octanol–water partition coefficient (Wildman–Crippen LogP) is 1.51. The lowest BCUT2D eigenvalue weighted by atomic mass is 10.2. The third-order valence-electron chi connectivity index (χ3n) is 2.04. The van der Waals surface area contributed by atoms with Gasteiger partial charge in [0.1, 0.15) is 5.82 Å². The van der Waals surface area contributed by atoms with Crippen molar-refractivity contribution in [3.63, 3.8) is 0 Å². The lowest BCUT2D eigenvalue weighted by Crippen LogP contribution is -2.37. The topological polar surface area (TPSA) is 36.4 Å². The first kappa shape index (κ1) is 13.0. The SMILES string of the molecule is C#CCNC(=NCc1ccc(F)cc1)NCC. The number of halogens is 1. The summed E-state index contributed by atoms with van der Waals surface area (Å²) in [7, 11) is 0. The molecule has 0 amide bonds. The first-order chi connectivity index (χ1) is 8.26. The Morgan fingerprint density at radius 3 is 2.65 bits per heavy atom. The minimum atomic E-state index is -0.241. The smallest absolute Gasteiger partial charge is 0.192 e. The number of terminal acetylenes is 1. The van der Waals surface area contributed by atoms with E-state index >= 15 is 0 Å². The van der Waals surface area contributed by atoms with E-state index in [0.29, 0.717) is 19.0 Å². The Kier molecular flexibility index (Phi) is 5.59. The van der Waals surface area contributed by atoms with Gasteiger partial charge in [-0.15, -0.1) is 6.42 Å². The Labute approximate surface area is 101 Å². The van der Waals surface area contributed by atoms with Crippen molar-refractivity contribution >= 4 is 5.96 Å². The summed E-state index contributed by atoms with van der Waals surface area (Å²) in [5.74, 6) is 2.90. The average Bonchev–Trinajstić information content (AvgIpc) is 2.35. The van der Waals surface area contributed by atoms with Gasteiger partial charge in [0.25, 0.3) is 0 Å². The van der Waals surface area contributed by atoms with Gasteiger partial charge in [0.15, 0.2) is 5.96 Å². The van der Waals surface area contributed by atoms with E-state index in [4.69, 9.17) is 6.42 Å².